The topological polar surface area (TPSA) is 57.7 Å². The number of alkyl carbamates (subject to hydrolysis) is 1. The van der Waals surface area contributed by atoms with E-state index in [1.54, 1.807) is 0 Å². The third kappa shape index (κ3) is 7.02. The second-order valence-corrected chi connectivity index (χ2v) is 10.2. The Hall–Kier alpha value is -1.53. The summed E-state index contributed by atoms with van der Waals surface area (Å²) in [5.41, 5.74) is 0.725. The van der Waals surface area contributed by atoms with Crippen LogP contribution in [0.1, 0.15) is 59.3 Å². The third-order valence-corrected chi connectivity index (χ3v) is 6.50. The summed E-state index contributed by atoms with van der Waals surface area (Å²) in [4.78, 5) is 21.2. The van der Waals surface area contributed by atoms with E-state index in [1.807, 2.05) is 33.0 Å². The molecule has 7 heteroatoms. The zero-order valence-corrected chi connectivity index (χ0v) is 19.6. The predicted octanol–water partition coefficient (Wildman–Crippen LogP) is 4.72. The van der Waals surface area contributed by atoms with Crippen molar-refractivity contribution in [1.82, 2.24) is 15.2 Å². The first-order valence-electron chi connectivity index (χ1n) is 11.3. The average molecular weight is 437 g/mol. The van der Waals surface area contributed by atoms with Crippen molar-refractivity contribution < 1.29 is 9.53 Å². The van der Waals surface area contributed by atoms with Gasteiger partial charge in [0.05, 0.1) is 11.9 Å². The van der Waals surface area contributed by atoms with Crippen molar-refractivity contribution in [2.75, 3.05) is 31.6 Å². The summed E-state index contributed by atoms with van der Waals surface area (Å²) >= 11 is 5.90. The number of nitrogens with one attached hydrogen (secondary N) is 1. The molecule has 6 nitrogen and oxygen atoms in total. The number of rotatable bonds is 5. The van der Waals surface area contributed by atoms with E-state index in [0.717, 1.165) is 51.2 Å². The summed E-state index contributed by atoms with van der Waals surface area (Å²) in [5, 5.41) is 3.59. The lowest BCUT2D eigenvalue weighted by molar-refractivity contribution is 0.0478. The summed E-state index contributed by atoms with van der Waals surface area (Å²) in [6.45, 7) is 9.00. The highest BCUT2D eigenvalue weighted by Crippen LogP contribution is 2.27. The van der Waals surface area contributed by atoms with Crippen LogP contribution >= 0.6 is 11.6 Å². The maximum absolute atomic E-state index is 12.0. The Balaban J connectivity index is 1.36. The van der Waals surface area contributed by atoms with Gasteiger partial charge >= 0.3 is 6.09 Å². The first-order chi connectivity index (χ1) is 14.2. The van der Waals surface area contributed by atoms with Gasteiger partial charge in [-0.2, -0.15) is 0 Å². The first kappa shape index (κ1) is 23.1. The zero-order chi connectivity index (χ0) is 21.7. The highest BCUT2D eigenvalue weighted by atomic mass is 35.5. The van der Waals surface area contributed by atoms with Crippen LogP contribution in [-0.4, -0.2) is 60.3 Å². The second kappa shape index (κ2) is 10.2. The maximum Gasteiger partial charge on any atom is 0.407 e. The lowest BCUT2D eigenvalue weighted by atomic mass is 9.89. The number of pyridine rings is 1. The standard InChI is InChI=1S/C23H37ClN4O2/c1-23(2,3)30-22(29)26-18-5-7-19(8-6-18)27(4)16-17-11-13-28(14-12-17)20-9-10-21(24)25-15-20/h9-10,15,17-19H,5-8,11-14,16H2,1-4H3,(H,26,29). The molecule has 2 fully saturated rings. The molecule has 0 aromatic carbocycles. The molecule has 1 amide bonds. The van der Waals surface area contributed by atoms with Gasteiger partial charge in [0.15, 0.2) is 0 Å². The van der Waals surface area contributed by atoms with Gasteiger partial charge in [0, 0.05) is 31.7 Å². The van der Waals surface area contributed by atoms with E-state index < -0.39 is 5.60 Å². The van der Waals surface area contributed by atoms with Gasteiger partial charge in [-0.3, -0.25) is 0 Å². The van der Waals surface area contributed by atoms with Crippen molar-refractivity contribution >= 4 is 23.4 Å². The molecule has 30 heavy (non-hydrogen) atoms. The SMILES string of the molecule is CN(CC1CCN(c2ccc(Cl)nc2)CC1)C1CCC(NC(=O)OC(C)(C)C)CC1. The molecule has 1 aromatic rings. The Morgan fingerprint density at radius 2 is 1.87 bits per heavy atom. The van der Waals surface area contributed by atoms with Crippen LogP contribution in [0.15, 0.2) is 18.3 Å². The third-order valence-electron chi connectivity index (χ3n) is 6.28. The number of aromatic nitrogens is 1. The number of anilines is 1. The Morgan fingerprint density at radius 1 is 1.20 bits per heavy atom. The Kier molecular flexibility index (Phi) is 7.86. The number of amides is 1. The van der Waals surface area contributed by atoms with Crippen LogP contribution in [0.4, 0.5) is 10.5 Å². The lowest BCUT2D eigenvalue weighted by Gasteiger charge is -2.39. The molecule has 1 aromatic heterocycles. The molecule has 168 valence electrons. The first-order valence-corrected chi connectivity index (χ1v) is 11.6. The average Bonchev–Trinajstić information content (AvgIpc) is 2.68. The van der Waals surface area contributed by atoms with Crippen molar-refractivity contribution in [3.8, 4) is 0 Å². The zero-order valence-electron chi connectivity index (χ0n) is 18.9. The number of hydrogen-bond acceptors (Lipinski definition) is 5. The second-order valence-electron chi connectivity index (χ2n) is 9.86. The van der Waals surface area contributed by atoms with Crippen LogP contribution in [0.25, 0.3) is 0 Å². The van der Waals surface area contributed by atoms with Crippen LogP contribution < -0.4 is 10.2 Å². The summed E-state index contributed by atoms with van der Waals surface area (Å²) in [7, 11) is 2.27. The Morgan fingerprint density at radius 3 is 2.43 bits per heavy atom. The van der Waals surface area contributed by atoms with E-state index in [9.17, 15) is 4.79 Å². The number of halogens is 1. The molecule has 1 saturated carbocycles. The minimum atomic E-state index is -0.443. The van der Waals surface area contributed by atoms with Crippen LogP contribution in [-0.2, 0) is 4.74 Å². The van der Waals surface area contributed by atoms with Gasteiger partial charge < -0.3 is 19.9 Å². The van der Waals surface area contributed by atoms with Gasteiger partial charge in [0.2, 0.25) is 0 Å². The lowest BCUT2D eigenvalue weighted by Crippen LogP contribution is -2.46. The van der Waals surface area contributed by atoms with Gasteiger partial charge in [0.1, 0.15) is 10.8 Å². The fourth-order valence-electron chi connectivity index (χ4n) is 4.62. The van der Waals surface area contributed by atoms with Gasteiger partial charge in [0.25, 0.3) is 0 Å². The van der Waals surface area contributed by atoms with E-state index in [2.05, 4.69) is 33.2 Å². The number of piperidine rings is 1. The highest BCUT2D eigenvalue weighted by molar-refractivity contribution is 6.29. The minimum Gasteiger partial charge on any atom is -0.444 e. The number of nitrogens with zero attached hydrogens (tertiary/aromatic N) is 3. The molecule has 0 atom stereocenters. The quantitative estimate of drug-likeness (QED) is 0.677. The van der Waals surface area contributed by atoms with E-state index in [1.165, 1.54) is 18.5 Å². The summed E-state index contributed by atoms with van der Waals surface area (Å²) < 4.78 is 5.39. The molecule has 1 aliphatic heterocycles. The van der Waals surface area contributed by atoms with Crippen LogP contribution in [0.2, 0.25) is 5.15 Å². The largest absolute Gasteiger partial charge is 0.444 e. The molecule has 1 saturated heterocycles. The summed E-state index contributed by atoms with van der Waals surface area (Å²) in [5.74, 6) is 0.740. The molecule has 2 heterocycles. The van der Waals surface area contributed by atoms with Crippen LogP contribution in [0.3, 0.4) is 0 Å². The van der Waals surface area contributed by atoms with Crippen molar-refractivity contribution in [2.45, 2.75) is 77.0 Å². The minimum absolute atomic E-state index is 0.237. The van der Waals surface area contributed by atoms with Gasteiger partial charge in [-0.05, 0) is 84.4 Å². The fourth-order valence-corrected chi connectivity index (χ4v) is 4.73. The number of carbonyl (C=O) groups excluding carboxylic acids is 1. The van der Waals surface area contributed by atoms with Gasteiger partial charge in [-0.15, -0.1) is 0 Å². The molecule has 0 unspecified atom stereocenters. The van der Waals surface area contributed by atoms with Crippen molar-refractivity contribution in [1.29, 1.82) is 0 Å². The number of carbonyl (C=O) groups is 1. The van der Waals surface area contributed by atoms with Crippen LogP contribution in [0, 0.1) is 5.92 Å². The molecule has 0 radical (unpaired) electrons. The molecular weight excluding hydrogens is 400 g/mol. The Labute approximate surface area is 186 Å². The molecule has 3 rings (SSSR count). The van der Waals surface area contributed by atoms with Crippen molar-refractivity contribution in [3.05, 3.63) is 23.5 Å². The fraction of sp³-hybridized carbons (Fsp3) is 0.739. The molecule has 0 spiro atoms. The number of hydrogen-bond donors (Lipinski definition) is 1. The molecule has 1 N–H and O–H groups in total. The highest BCUT2D eigenvalue weighted by Gasteiger charge is 2.28. The predicted molar refractivity (Wildman–Crippen MR) is 122 cm³/mol. The van der Waals surface area contributed by atoms with E-state index in [0.29, 0.717) is 11.2 Å². The number of ether oxygens (including phenoxy) is 1. The van der Waals surface area contributed by atoms with Gasteiger partial charge in [-0.25, -0.2) is 9.78 Å². The van der Waals surface area contributed by atoms with Crippen LogP contribution in [0.5, 0.6) is 0 Å². The monoisotopic (exact) mass is 436 g/mol. The molecule has 1 aliphatic carbocycles. The van der Waals surface area contributed by atoms with Crippen molar-refractivity contribution in [3.63, 3.8) is 0 Å². The molecule has 0 bridgehead atoms. The van der Waals surface area contributed by atoms with Crippen molar-refractivity contribution in [2.24, 2.45) is 5.92 Å². The summed E-state index contributed by atoms with van der Waals surface area (Å²) in [6, 6.07) is 4.77. The van der Waals surface area contributed by atoms with E-state index >= 15 is 0 Å². The van der Waals surface area contributed by atoms with E-state index in [4.69, 9.17) is 16.3 Å². The maximum atomic E-state index is 12.0. The Bertz CT molecular complexity index is 675. The molecule has 2 aliphatic rings. The smallest absolute Gasteiger partial charge is 0.407 e. The van der Waals surface area contributed by atoms with Gasteiger partial charge in [-0.1, -0.05) is 11.6 Å². The summed E-state index contributed by atoms with van der Waals surface area (Å²) in [6.07, 6.45) is 8.32. The molecular formula is C23H37ClN4O2. The normalized spacial score (nSPS) is 23.5. The van der Waals surface area contributed by atoms with E-state index in [-0.39, 0.29) is 12.1 Å².